The molecule has 4 saturated heterocycles. The van der Waals surface area contributed by atoms with Crippen LogP contribution in [0.3, 0.4) is 0 Å². The molecule has 0 aliphatic carbocycles. The van der Waals surface area contributed by atoms with Crippen LogP contribution in [0.15, 0.2) is 70.1 Å². The summed E-state index contributed by atoms with van der Waals surface area (Å²) in [5.74, 6) is 4.01. The van der Waals surface area contributed by atoms with Crippen LogP contribution in [0, 0.1) is 38.7 Å². The van der Waals surface area contributed by atoms with Crippen LogP contribution in [0.4, 0.5) is 5.82 Å². The minimum atomic E-state index is -0.717. The third kappa shape index (κ3) is 32.1. The predicted molar refractivity (Wildman–Crippen MR) is 586 cm³/mol. The molecule has 129 heavy (non-hydrogen) atoms. The van der Waals surface area contributed by atoms with Crippen molar-refractivity contribution in [1.82, 2.24) is 146 Å². The standard InChI is InChI=1S/C14H19IN4OS.C11H13IN4O4.C10H12IN5O3.C7H13ClO.C7H7IN4S.C5H3IN4O.C5H3IN4S.C5H4N4O.C2H5I.CH4.ClI.H3N.H2O.P2S5/c1-4-9-8(3)6-10(20-9)19-13-11(12(15)18-19)14(21-5-2)17-7-16-13;1-19-11-8-9(12)15-16(10(8)13-4-14-11)7-2-5(18)6(3-17)20-7;11-8-7-9(12)13-3-14-10(7)16(15-8)6-1-4(18)5(2-17)19-6;1-3-6-5(2)4-7(8)9-6;1-2-13-7-4-5(8)11-12-6(4)9-3-10-7;2*6-3-2-4(10-9-3)7-1-8-5(2)11;10-5-3-1-8-9-4(3)6-2-7-5;1-2-3;;1-2;;;3-1-2-5-7-6-4/h7-10H,4-6H2,1-3H3;4-7,17-18H,2-3H2,1H3;3-6,17-18H,1-2H2,(H2,12,13,14);5-7H,3-4H2,1-2H3;3H,2H2,1H3,(H,9,10,11,12);2*1H,(H2,7,8,9,10,11);1-2H,(H2,6,7,8,9,10);2H2,1H3;1H4;;1H3;1H2;/t8-,9-,10-;5-,6-,7-;4-,5-,6-;5-,6-,7+;;;;;;;;;;/m1111........../s1. The number of aromatic amines is 7. The molecule has 14 aromatic rings. The minimum Gasteiger partial charge on any atom is -0.480 e. The van der Waals surface area contributed by atoms with Gasteiger partial charge in [-0.15, -0.1) is 23.5 Å². The van der Waals surface area contributed by atoms with Crippen molar-refractivity contribution in [3.63, 3.8) is 0 Å². The zero-order valence-corrected chi connectivity index (χ0v) is 95.2. The van der Waals surface area contributed by atoms with Crippen molar-refractivity contribution in [2.45, 2.75) is 165 Å². The van der Waals surface area contributed by atoms with E-state index in [1.54, 1.807) is 91.7 Å². The average Bonchev–Trinajstić information content (AvgIpc) is 1.62. The monoisotopic (exact) mass is 2910 g/mol. The highest BCUT2D eigenvalue weighted by molar-refractivity contribution is 14.1. The number of methoxy groups -OCH3 is 1. The number of alkyl halides is 2. The summed E-state index contributed by atoms with van der Waals surface area (Å²) in [6.45, 7) is 14.6. The van der Waals surface area contributed by atoms with Crippen LogP contribution in [0.25, 0.3) is 77.2 Å². The summed E-state index contributed by atoms with van der Waals surface area (Å²) in [6.07, 6.45) is 13.6. The summed E-state index contributed by atoms with van der Waals surface area (Å²) in [7, 11) is 13.0. The first-order valence-corrected chi connectivity index (χ1v) is 59.1. The second-order valence-electron chi connectivity index (χ2n) is 25.5. The number of rotatable bonds is 13. The number of hydrogen-bond donors (Lipinski definition) is 13. The van der Waals surface area contributed by atoms with Gasteiger partial charge < -0.3 is 76.4 Å². The molecule has 0 spiro atoms. The Morgan fingerprint density at radius 1 is 0.589 bits per heavy atom. The fourth-order valence-electron chi connectivity index (χ4n) is 12.2. The fourth-order valence-corrected chi connectivity index (χ4v) is 28.5. The number of nitrogens with one attached hydrogen (secondary N) is 7. The number of hydrogen-bond acceptors (Lipinski definition) is 36. The van der Waals surface area contributed by atoms with E-state index in [1.165, 1.54) is 59.0 Å². The van der Waals surface area contributed by atoms with E-state index in [2.05, 4.69) is 342 Å². The van der Waals surface area contributed by atoms with Gasteiger partial charge in [0.15, 0.2) is 58.2 Å². The maximum atomic E-state index is 11.1. The van der Waals surface area contributed by atoms with Gasteiger partial charge in [-0.2, -0.15) is 35.7 Å². The second-order valence-corrected chi connectivity index (χ2v) is 46.5. The number of ether oxygens (including phenoxy) is 5. The molecule has 4 aliphatic rings. The lowest BCUT2D eigenvalue weighted by Gasteiger charge is -2.13. The molecule has 0 unspecified atom stereocenters. The number of nitrogens with two attached hydrogens (primary N) is 1. The van der Waals surface area contributed by atoms with Gasteiger partial charge in [0.05, 0.1) is 91.5 Å². The second kappa shape index (κ2) is 60.5. The van der Waals surface area contributed by atoms with Crippen molar-refractivity contribution in [1.29, 1.82) is 0 Å². The molecule has 12 atom stereocenters. The summed E-state index contributed by atoms with van der Waals surface area (Å²) < 4.78 is 39.8. The molecule has 4 aliphatic heterocycles. The number of aromatic nitrogens is 28. The molecule has 0 amide bonds. The third-order valence-electron chi connectivity index (χ3n) is 17.8. The number of aliphatic hydroxyl groups is 4. The first-order chi connectivity index (χ1) is 60.8. The summed E-state index contributed by atoms with van der Waals surface area (Å²) in [5.41, 5.74) is 9.97. The number of fused-ring (bicyclic) bond motifs is 7. The van der Waals surface area contributed by atoms with E-state index in [0.717, 1.165) is 98.5 Å². The number of nitrogen functional groups attached to an aromatic ring is 1. The van der Waals surface area contributed by atoms with Gasteiger partial charge in [-0.25, -0.2) is 68.9 Å². The highest BCUT2D eigenvalue weighted by Crippen LogP contribution is 2.40. The van der Waals surface area contributed by atoms with Crippen LogP contribution < -0.4 is 27.7 Å². The molecular formula is C67H88Cl2I8N30O12P2S8. The zero-order chi connectivity index (χ0) is 91.8. The highest BCUT2D eigenvalue weighted by Gasteiger charge is 2.39. The maximum absolute atomic E-state index is 11.1. The van der Waals surface area contributed by atoms with Gasteiger partial charge >= 0.3 is 0 Å². The third-order valence-corrected chi connectivity index (χ3v) is 34.7. The van der Waals surface area contributed by atoms with Crippen molar-refractivity contribution >= 4 is 383 Å². The van der Waals surface area contributed by atoms with Gasteiger partial charge in [0.25, 0.3) is 11.1 Å². The van der Waals surface area contributed by atoms with Crippen LogP contribution in [-0.2, 0) is 69.2 Å². The lowest BCUT2D eigenvalue weighted by atomic mass is 10.0. The molecular weight excluding hydrogens is 2820 g/mol. The van der Waals surface area contributed by atoms with E-state index in [9.17, 15) is 19.8 Å². The van der Waals surface area contributed by atoms with Gasteiger partial charge in [-0.1, -0.05) is 102 Å². The number of halogens is 10. The molecule has 18 N–H and O–H groups in total. The first-order valence-electron chi connectivity index (χ1n) is 37.0. The maximum Gasteiger partial charge on any atom is 0.262 e. The lowest BCUT2D eigenvalue weighted by molar-refractivity contribution is -0.0471. The number of anilines is 1. The normalized spacial score (nSPS) is 19.7. The molecule has 4 fully saturated rings. The Bertz CT molecular complexity index is 6120. The summed E-state index contributed by atoms with van der Waals surface area (Å²) in [5, 5.41) is 85.1. The number of aliphatic hydroxyl groups excluding tert-OH is 4. The first kappa shape index (κ1) is 117. The number of nitrogens with zero attached hydrogens (tertiary/aromatic N) is 21. The van der Waals surface area contributed by atoms with Crippen molar-refractivity contribution in [3.05, 3.63) is 98.0 Å². The van der Waals surface area contributed by atoms with Gasteiger partial charge in [0.1, 0.15) is 102 Å². The van der Waals surface area contributed by atoms with Gasteiger partial charge in [-0.05, 0) is 248 Å². The van der Waals surface area contributed by atoms with Crippen molar-refractivity contribution in [2.24, 2.45) is 11.8 Å². The Morgan fingerprint density at radius 3 is 1.56 bits per heavy atom. The summed E-state index contributed by atoms with van der Waals surface area (Å²) >= 11 is 40.1. The quantitative estimate of drug-likeness (QED) is 0.0127. The SMILES string of the molecule is C.CCI.CCSc1ncnc2c1c(I)nn2[C@H]1C[C@@H](C)[C@@H](CC)O1.CCSc1ncnc2n[nH]c(I)c12.CC[C@H]1O[C@H](Cl)C[C@H]1C.COc1ncnc2c1c(I)nn2[C@H]1C[C@@H](O)[C@@H](CO)O1.ClI.N.Nc1ncnc2c1c(I)nn2[C@H]1C[C@@H](O)[C@@H](CO)O1.O.O=c1[nH]cnc2[nH]ncc12.O=c1[nH]cnc2n[nH]c(I)c12.S=PP=S=S=S=S.S=c1nc[nH]c2n[nH]c(I)c12. The molecule has 14 aromatic heterocycles. The predicted octanol–water partition coefficient (Wildman–Crippen LogP) is 14.3. The van der Waals surface area contributed by atoms with Crippen LogP contribution in [0.1, 0.15) is 113 Å². The minimum absolute atomic E-state index is 0. The van der Waals surface area contributed by atoms with Crippen molar-refractivity contribution in [2.75, 3.05) is 42.0 Å². The fraction of sp³-hybridized carbons (Fsp3) is 0.478. The zero-order valence-electron chi connectivity index (χ0n) is 68.1. The van der Waals surface area contributed by atoms with Crippen LogP contribution >= 0.6 is 250 Å². The van der Waals surface area contributed by atoms with E-state index in [1.807, 2.05) is 27.3 Å². The molecule has 18 heterocycles. The molecule has 0 aromatic carbocycles. The Hall–Kier alpha value is -2.31. The Balaban J connectivity index is 0.000000259. The molecule has 706 valence electrons. The molecule has 0 saturated carbocycles. The van der Waals surface area contributed by atoms with Crippen molar-refractivity contribution < 1.29 is 49.6 Å². The summed E-state index contributed by atoms with van der Waals surface area (Å²) in [4.78, 5) is 74.9. The van der Waals surface area contributed by atoms with E-state index in [-0.39, 0.29) is 55.2 Å². The Labute approximate surface area is 889 Å². The smallest absolute Gasteiger partial charge is 0.262 e. The lowest BCUT2D eigenvalue weighted by Crippen LogP contribution is -2.24. The average molecular weight is 2910 g/mol. The van der Waals surface area contributed by atoms with Gasteiger partial charge in [0.2, 0.25) is 5.88 Å². The highest BCUT2D eigenvalue weighted by atomic mass is 127. The van der Waals surface area contributed by atoms with E-state index in [4.69, 9.17) is 63.4 Å². The Morgan fingerprint density at radius 2 is 1.05 bits per heavy atom. The van der Waals surface area contributed by atoms with Crippen LogP contribution in [0.2, 0.25) is 0 Å². The van der Waals surface area contributed by atoms with Crippen LogP contribution in [0.5, 0.6) is 5.88 Å². The van der Waals surface area contributed by atoms with E-state index < -0.39 is 36.9 Å². The largest absolute Gasteiger partial charge is 0.480 e. The van der Waals surface area contributed by atoms with Gasteiger partial charge in [0, 0.05) is 48.4 Å². The number of thioether (sulfide) groups is 2. The van der Waals surface area contributed by atoms with Crippen molar-refractivity contribution in [3.8, 4) is 5.88 Å². The topological polar surface area (TPSA) is 611 Å². The van der Waals surface area contributed by atoms with Gasteiger partial charge in [-0.3, -0.25) is 30.0 Å². The molecule has 18 rings (SSSR count). The summed E-state index contributed by atoms with van der Waals surface area (Å²) in [6, 6.07) is 0. The Kier molecular flexibility index (Phi) is 55.0. The van der Waals surface area contributed by atoms with E-state index >= 15 is 0 Å². The van der Waals surface area contributed by atoms with Crippen LogP contribution in [-0.4, -0.2) is 244 Å². The molecule has 62 heteroatoms. The number of H-pyrrole nitrogens is 7. The molecule has 42 nitrogen and oxygen atoms in total. The van der Waals surface area contributed by atoms with E-state index in [0.29, 0.717) is 108 Å². The molecule has 0 bridgehead atoms. The molecule has 0 radical (unpaired) electrons.